The molecule has 6 nitrogen and oxygen atoms in total. The summed E-state index contributed by atoms with van der Waals surface area (Å²) in [5, 5.41) is 8.55. The lowest BCUT2D eigenvalue weighted by Gasteiger charge is -2.19. The third-order valence-corrected chi connectivity index (χ3v) is 4.20. The molecule has 1 atom stereocenters. The first kappa shape index (κ1) is 15.1. The van der Waals surface area contributed by atoms with Crippen LogP contribution in [0.5, 0.6) is 0 Å². The molecule has 4 rings (SSSR count). The molecule has 6 heteroatoms. The number of ether oxygens (including phenoxy) is 1. The highest BCUT2D eigenvalue weighted by Gasteiger charge is 2.29. The molecule has 1 fully saturated rings. The van der Waals surface area contributed by atoms with E-state index in [0.717, 1.165) is 18.0 Å². The summed E-state index contributed by atoms with van der Waals surface area (Å²) < 4.78 is 13.1. The molecule has 124 valence electrons. The zero-order valence-electron chi connectivity index (χ0n) is 13.6. The average molecular weight is 324 g/mol. The number of benzene rings is 1. The van der Waals surface area contributed by atoms with E-state index >= 15 is 0 Å². The Morgan fingerprint density at radius 3 is 2.83 bits per heavy atom. The van der Waals surface area contributed by atoms with Crippen LogP contribution in [0.4, 0.5) is 0 Å². The summed E-state index contributed by atoms with van der Waals surface area (Å²) in [5.74, 6) is 0.928. The van der Waals surface area contributed by atoms with Crippen LogP contribution in [0.15, 0.2) is 53.3 Å². The fraction of sp³-hybridized carbons (Fsp3) is 0.333. The van der Waals surface area contributed by atoms with Crippen LogP contribution in [0, 0.1) is 6.92 Å². The smallest absolute Gasteiger partial charge is 0.157 e. The van der Waals surface area contributed by atoms with E-state index in [2.05, 4.69) is 46.4 Å². The Hall–Kier alpha value is -2.44. The van der Waals surface area contributed by atoms with Crippen molar-refractivity contribution in [2.75, 3.05) is 13.2 Å². The van der Waals surface area contributed by atoms with Crippen molar-refractivity contribution in [1.82, 2.24) is 19.9 Å². The first-order valence-corrected chi connectivity index (χ1v) is 8.11. The first-order valence-electron chi connectivity index (χ1n) is 8.11. The maximum atomic E-state index is 5.85. The summed E-state index contributed by atoms with van der Waals surface area (Å²) in [7, 11) is 0. The van der Waals surface area contributed by atoms with Crippen molar-refractivity contribution in [3.63, 3.8) is 0 Å². The van der Waals surface area contributed by atoms with E-state index in [1.807, 2.05) is 23.0 Å². The number of hydrogen-bond donors (Lipinski definition) is 0. The van der Waals surface area contributed by atoms with Gasteiger partial charge in [-0.15, -0.1) is 5.10 Å². The van der Waals surface area contributed by atoms with E-state index in [4.69, 9.17) is 9.15 Å². The van der Waals surface area contributed by atoms with Gasteiger partial charge in [0.25, 0.3) is 0 Å². The van der Waals surface area contributed by atoms with E-state index in [1.54, 1.807) is 6.26 Å². The molecule has 2 aromatic heterocycles. The van der Waals surface area contributed by atoms with E-state index in [-0.39, 0.29) is 6.23 Å². The van der Waals surface area contributed by atoms with Gasteiger partial charge in [-0.25, -0.2) is 4.68 Å². The van der Waals surface area contributed by atoms with Gasteiger partial charge < -0.3 is 9.15 Å². The molecule has 0 amide bonds. The molecule has 1 saturated heterocycles. The number of aromatic nitrogens is 3. The van der Waals surface area contributed by atoms with Crippen molar-refractivity contribution in [2.24, 2.45) is 0 Å². The van der Waals surface area contributed by atoms with Gasteiger partial charge in [0.1, 0.15) is 11.5 Å². The number of furan rings is 1. The van der Waals surface area contributed by atoms with Gasteiger partial charge in [0.2, 0.25) is 0 Å². The van der Waals surface area contributed by atoms with Crippen molar-refractivity contribution in [1.29, 1.82) is 0 Å². The second-order valence-electron chi connectivity index (χ2n) is 6.10. The number of nitrogens with zero attached hydrogens (tertiary/aromatic N) is 4. The molecular formula is C18H20N4O2. The van der Waals surface area contributed by atoms with Crippen LogP contribution >= 0.6 is 0 Å². The molecule has 0 bridgehead atoms. The lowest BCUT2D eigenvalue weighted by molar-refractivity contribution is 0.0223. The molecule has 0 spiro atoms. The summed E-state index contributed by atoms with van der Waals surface area (Å²) >= 11 is 0. The topological polar surface area (TPSA) is 56.3 Å². The Morgan fingerprint density at radius 2 is 2.04 bits per heavy atom. The van der Waals surface area contributed by atoms with Crippen LogP contribution in [0.1, 0.15) is 28.8 Å². The second-order valence-corrected chi connectivity index (χ2v) is 6.10. The molecule has 24 heavy (non-hydrogen) atoms. The first-order chi connectivity index (χ1) is 11.8. The summed E-state index contributed by atoms with van der Waals surface area (Å²) in [6.45, 7) is 5.05. The maximum absolute atomic E-state index is 5.85. The Labute approximate surface area is 140 Å². The third kappa shape index (κ3) is 3.25. The summed E-state index contributed by atoms with van der Waals surface area (Å²) in [6.07, 6.45) is 3.49. The quantitative estimate of drug-likeness (QED) is 0.722. The fourth-order valence-corrected chi connectivity index (χ4v) is 2.93. The molecule has 1 aliphatic heterocycles. The minimum absolute atomic E-state index is 0.165. The maximum Gasteiger partial charge on any atom is 0.157 e. The minimum Gasteiger partial charge on any atom is -0.468 e. The van der Waals surface area contributed by atoms with E-state index in [0.29, 0.717) is 19.7 Å². The van der Waals surface area contributed by atoms with Gasteiger partial charge in [0.05, 0.1) is 32.2 Å². The lowest BCUT2D eigenvalue weighted by Crippen LogP contribution is -2.23. The normalized spacial score (nSPS) is 18.3. The zero-order chi connectivity index (χ0) is 16.4. The van der Waals surface area contributed by atoms with Crippen molar-refractivity contribution >= 4 is 0 Å². The van der Waals surface area contributed by atoms with Crippen LogP contribution < -0.4 is 0 Å². The molecule has 0 unspecified atom stereocenters. The Balaban J connectivity index is 1.46. The van der Waals surface area contributed by atoms with Crippen LogP contribution in [0.3, 0.4) is 0 Å². The fourth-order valence-electron chi connectivity index (χ4n) is 2.93. The second kappa shape index (κ2) is 6.59. The number of hydrogen-bond acceptors (Lipinski definition) is 5. The van der Waals surface area contributed by atoms with Gasteiger partial charge in [-0.3, -0.25) is 4.90 Å². The van der Waals surface area contributed by atoms with Gasteiger partial charge >= 0.3 is 0 Å². The van der Waals surface area contributed by atoms with Gasteiger partial charge in [0.15, 0.2) is 6.23 Å². The predicted molar refractivity (Wildman–Crippen MR) is 88.1 cm³/mol. The minimum atomic E-state index is -0.165. The number of aryl methyl sites for hydroxylation is 1. The largest absolute Gasteiger partial charge is 0.468 e. The summed E-state index contributed by atoms with van der Waals surface area (Å²) in [6, 6.07) is 12.3. The Bertz CT molecular complexity index is 780. The monoisotopic (exact) mass is 324 g/mol. The molecule has 3 aromatic rings. The highest BCUT2D eigenvalue weighted by molar-refractivity contribution is 5.21. The Kier molecular flexibility index (Phi) is 4.15. The average Bonchev–Trinajstić information content (AvgIpc) is 3.32. The predicted octanol–water partition coefficient (Wildman–Crippen LogP) is 2.76. The van der Waals surface area contributed by atoms with Crippen LogP contribution in [0.25, 0.3) is 0 Å². The number of rotatable bonds is 5. The molecule has 0 saturated carbocycles. The van der Waals surface area contributed by atoms with E-state index in [9.17, 15) is 0 Å². The molecular weight excluding hydrogens is 304 g/mol. The highest BCUT2D eigenvalue weighted by Crippen LogP contribution is 2.27. The molecule has 3 heterocycles. The SMILES string of the molecule is Cc1ccc(Cn2cc([C@H]3OCCN3Cc3ccco3)nn2)cc1. The van der Waals surface area contributed by atoms with Crippen LogP contribution in [-0.4, -0.2) is 33.0 Å². The molecule has 1 aromatic carbocycles. The van der Waals surface area contributed by atoms with Gasteiger partial charge in [-0.05, 0) is 24.6 Å². The van der Waals surface area contributed by atoms with Gasteiger partial charge in [-0.2, -0.15) is 0 Å². The highest BCUT2D eigenvalue weighted by atomic mass is 16.5. The van der Waals surface area contributed by atoms with Crippen molar-refractivity contribution in [2.45, 2.75) is 26.2 Å². The third-order valence-electron chi connectivity index (χ3n) is 4.20. The van der Waals surface area contributed by atoms with Crippen LogP contribution in [0.2, 0.25) is 0 Å². The standard InChI is InChI=1S/C18H20N4O2/c1-14-4-6-15(7-5-14)11-22-13-17(19-20-22)18-21(8-10-24-18)12-16-3-2-9-23-16/h2-7,9,13,18H,8,10-12H2,1H3/t18-/m1/s1. The van der Waals surface area contributed by atoms with E-state index in [1.165, 1.54) is 11.1 Å². The molecule has 1 aliphatic rings. The lowest BCUT2D eigenvalue weighted by atomic mass is 10.1. The zero-order valence-corrected chi connectivity index (χ0v) is 13.6. The Morgan fingerprint density at radius 1 is 1.17 bits per heavy atom. The van der Waals surface area contributed by atoms with Crippen molar-refractivity contribution in [3.05, 3.63) is 71.4 Å². The summed E-state index contributed by atoms with van der Waals surface area (Å²) in [4.78, 5) is 2.21. The van der Waals surface area contributed by atoms with Gasteiger partial charge in [0, 0.05) is 6.54 Å². The van der Waals surface area contributed by atoms with Crippen LogP contribution in [-0.2, 0) is 17.8 Å². The summed E-state index contributed by atoms with van der Waals surface area (Å²) in [5.41, 5.74) is 3.30. The molecule has 0 N–H and O–H groups in total. The van der Waals surface area contributed by atoms with Crippen molar-refractivity contribution in [3.8, 4) is 0 Å². The molecule has 0 aliphatic carbocycles. The van der Waals surface area contributed by atoms with E-state index < -0.39 is 0 Å². The van der Waals surface area contributed by atoms with Gasteiger partial charge in [-0.1, -0.05) is 35.0 Å². The van der Waals surface area contributed by atoms with Crippen molar-refractivity contribution < 1.29 is 9.15 Å². The molecule has 0 radical (unpaired) electrons.